The van der Waals surface area contributed by atoms with Crippen molar-refractivity contribution >= 4 is 62.7 Å². The summed E-state index contributed by atoms with van der Waals surface area (Å²) in [6.07, 6.45) is 0.153. The van der Waals surface area contributed by atoms with Gasteiger partial charge in [-0.15, -0.1) is 0 Å². The molecular formula is C9H7Cl4NO3S. The number of rotatable bonds is 4. The molecule has 0 aromatic heterocycles. The number of alkyl halides is 3. The molecular weight excluding hydrogens is 344 g/mol. The molecule has 0 saturated heterocycles. The maximum atomic E-state index is 12.2. The molecule has 1 rings (SSSR count). The monoisotopic (exact) mass is 349 g/mol. The van der Waals surface area contributed by atoms with Crippen LogP contribution in [0.2, 0.25) is 5.02 Å². The van der Waals surface area contributed by atoms with Crippen molar-refractivity contribution in [2.24, 2.45) is 0 Å². The second-order valence-corrected chi connectivity index (χ2v) is 8.04. The molecule has 0 aliphatic rings. The lowest BCUT2D eigenvalue weighted by atomic mass is 10.4. The lowest BCUT2D eigenvalue weighted by Crippen LogP contribution is -2.45. The Morgan fingerprint density at radius 3 is 2.06 bits per heavy atom. The van der Waals surface area contributed by atoms with Crippen LogP contribution in [-0.4, -0.2) is 24.0 Å². The summed E-state index contributed by atoms with van der Waals surface area (Å²) in [5.41, 5.74) is 0. The van der Waals surface area contributed by atoms with E-state index in [4.69, 9.17) is 46.4 Å². The summed E-state index contributed by atoms with van der Waals surface area (Å²) in [5.74, 6) is 0. The highest BCUT2D eigenvalue weighted by atomic mass is 35.6. The summed E-state index contributed by atoms with van der Waals surface area (Å²) in [5, 5.41) is 0.656. The molecule has 1 aromatic rings. The van der Waals surface area contributed by atoms with Crippen molar-refractivity contribution in [3.63, 3.8) is 0 Å². The Labute approximate surface area is 124 Å². The van der Waals surface area contributed by atoms with Gasteiger partial charge in [0.15, 0.2) is 5.37 Å². The summed E-state index contributed by atoms with van der Waals surface area (Å²) in [7, 11) is -4.03. The number of carbonyl (C=O) groups excluding carboxylic acids is 1. The van der Waals surface area contributed by atoms with Crippen LogP contribution in [0.1, 0.15) is 0 Å². The first-order chi connectivity index (χ1) is 8.19. The molecule has 0 fully saturated rings. The Hall–Kier alpha value is -0.200. The maximum absolute atomic E-state index is 12.2. The lowest BCUT2D eigenvalue weighted by Gasteiger charge is -2.23. The number of halogens is 4. The molecule has 1 N–H and O–H groups in total. The van der Waals surface area contributed by atoms with E-state index in [0.29, 0.717) is 5.02 Å². The van der Waals surface area contributed by atoms with Crippen molar-refractivity contribution in [3.8, 4) is 0 Å². The normalized spacial score (nSPS) is 14.0. The first-order valence-corrected chi connectivity index (χ1v) is 7.51. The minimum Gasteiger partial charge on any atom is -0.338 e. The number of hydrogen-bond donors (Lipinski definition) is 1. The van der Waals surface area contributed by atoms with Gasteiger partial charge in [0.1, 0.15) is 0 Å². The highest BCUT2D eigenvalue weighted by Gasteiger charge is 2.43. The Morgan fingerprint density at radius 2 is 1.67 bits per heavy atom. The molecule has 1 aromatic carbocycles. The molecule has 4 nitrogen and oxygen atoms in total. The van der Waals surface area contributed by atoms with Crippen LogP contribution in [0.15, 0.2) is 29.2 Å². The molecule has 0 aliphatic carbocycles. The average molecular weight is 351 g/mol. The molecule has 0 radical (unpaired) electrons. The summed E-state index contributed by atoms with van der Waals surface area (Å²) < 4.78 is 22.1. The molecule has 0 spiro atoms. The van der Waals surface area contributed by atoms with Crippen molar-refractivity contribution in [2.45, 2.75) is 14.1 Å². The number of carbonyl (C=O) groups is 1. The van der Waals surface area contributed by atoms with Gasteiger partial charge in [-0.1, -0.05) is 46.4 Å². The molecule has 0 bridgehead atoms. The second-order valence-electron chi connectivity index (χ2n) is 3.21. The molecule has 0 heterocycles. The molecule has 100 valence electrons. The summed E-state index contributed by atoms with van der Waals surface area (Å²) >= 11 is 22.3. The first-order valence-electron chi connectivity index (χ1n) is 4.45. The zero-order chi connectivity index (χ0) is 14.0. The quantitative estimate of drug-likeness (QED) is 0.670. The summed E-state index contributed by atoms with van der Waals surface area (Å²) in [6, 6.07) is 5.27. The molecule has 18 heavy (non-hydrogen) atoms. The third-order valence-electron chi connectivity index (χ3n) is 1.97. The van der Waals surface area contributed by atoms with Crippen molar-refractivity contribution in [3.05, 3.63) is 29.3 Å². The fourth-order valence-electron chi connectivity index (χ4n) is 1.18. The third kappa shape index (κ3) is 3.65. The molecule has 0 saturated carbocycles. The van der Waals surface area contributed by atoms with Crippen LogP contribution < -0.4 is 5.32 Å². The van der Waals surface area contributed by atoms with Crippen LogP contribution in [0.3, 0.4) is 0 Å². The number of sulfone groups is 1. The fourth-order valence-corrected chi connectivity index (χ4v) is 3.93. The van der Waals surface area contributed by atoms with Crippen LogP contribution in [0.5, 0.6) is 0 Å². The fraction of sp³-hybridized carbons (Fsp3) is 0.222. The van der Waals surface area contributed by atoms with E-state index in [1.165, 1.54) is 24.3 Å². The van der Waals surface area contributed by atoms with Crippen molar-refractivity contribution in [1.82, 2.24) is 5.32 Å². The van der Waals surface area contributed by atoms with Crippen molar-refractivity contribution < 1.29 is 13.2 Å². The summed E-state index contributed by atoms with van der Waals surface area (Å²) in [4.78, 5) is 10.3. The first kappa shape index (κ1) is 15.9. The SMILES string of the molecule is O=CN[C@H](C(Cl)(Cl)Cl)S(=O)(=O)c1ccc(Cl)cc1. The van der Waals surface area contributed by atoms with Gasteiger partial charge in [0.2, 0.25) is 20.0 Å². The highest BCUT2D eigenvalue weighted by Crippen LogP contribution is 2.35. The van der Waals surface area contributed by atoms with E-state index in [1.807, 2.05) is 5.32 Å². The smallest absolute Gasteiger partial charge is 0.225 e. The van der Waals surface area contributed by atoms with Gasteiger partial charge in [-0.3, -0.25) is 4.79 Å². The summed E-state index contributed by atoms with van der Waals surface area (Å²) in [6.45, 7) is 0. The molecule has 1 atom stereocenters. The van der Waals surface area contributed by atoms with Crippen LogP contribution in [-0.2, 0) is 14.6 Å². The van der Waals surface area contributed by atoms with E-state index in [1.54, 1.807) is 0 Å². The minimum atomic E-state index is -4.03. The largest absolute Gasteiger partial charge is 0.338 e. The Bertz CT molecular complexity index is 524. The van der Waals surface area contributed by atoms with Gasteiger partial charge in [-0.05, 0) is 24.3 Å². The van der Waals surface area contributed by atoms with Crippen LogP contribution in [0, 0.1) is 0 Å². The van der Waals surface area contributed by atoms with Gasteiger partial charge in [-0.25, -0.2) is 8.42 Å². The van der Waals surface area contributed by atoms with E-state index < -0.39 is 19.0 Å². The van der Waals surface area contributed by atoms with Crippen molar-refractivity contribution in [1.29, 1.82) is 0 Å². The van der Waals surface area contributed by atoms with Gasteiger partial charge in [-0.2, -0.15) is 0 Å². The Balaban J connectivity index is 3.25. The standard InChI is InChI=1S/C9H7Cl4NO3S/c10-6-1-3-7(4-2-6)18(16,17)8(14-5-15)9(11,12)13/h1-5,8H,(H,14,15)/t8-/m0/s1. The number of hydrogen-bond acceptors (Lipinski definition) is 3. The predicted molar refractivity (Wildman–Crippen MR) is 71.9 cm³/mol. The number of nitrogens with one attached hydrogen (secondary N) is 1. The van der Waals surface area contributed by atoms with Gasteiger partial charge in [0.25, 0.3) is 0 Å². The van der Waals surface area contributed by atoms with Gasteiger partial charge in [0.05, 0.1) is 4.90 Å². The number of benzene rings is 1. The van der Waals surface area contributed by atoms with Crippen LogP contribution in [0.4, 0.5) is 0 Å². The van der Waals surface area contributed by atoms with E-state index in [2.05, 4.69) is 0 Å². The van der Waals surface area contributed by atoms with E-state index in [0.717, 1.165) is 0 Å². The van der Waals surface area contributed by atoms with Gasteiger partial charge >= 0.3 is 0 Å². The average Bonchev–Trinajstić information content (AvgIpc) is 2.24. The minimum absolute atomic E-state index is 0.113. The highest BCUT2D eigenvalue weighted by molar-refractivity contribution is 7.92. The third-order valence-corrected chi connectivity index (χ3v) is 5.30. The maximum Gasteiger partial charge on any atom is 0.225 e. The molecule has 0 aliphatic heterocycles. The lowest BCUT2D eigenvalue weighted by molar-refractivity contribution is -0.109. The zero-order valence-corrected chi connectivity index (χ0v) is 12.4. The Kier molecular flexibility index (Phi) is 5.14. The van der Waals surface area contributed by atoms with Crippen LogP contribution >= 0.6 is 46.4 Å². The van der Waals surface area contributed by atoms with E-state index in [-0.39, 0.29) is 11.3 Å². The van der Waals surface area contributed by atoms with Gasteiger partial charge in [0, 0.05) is 5.02 Å². The van der Waals surface area contributed by atoms with Gasteiger partial charge < -0.3 is 5.32 Å². The van der Waals surface area contributed by atoms with Crippen molar-refractivity contribution in [2.75, 3.05) is 0 Å². The van der Waals surface area contributed by atoms with E-state index >= 15 is 0 Å². The topological polar surface area (TPSA) is 63.2 Å². The predicted octanol–water partition coefficient (Wildman–Crippen LogP) is 2.56. The number of amides is 1. The van der Waals surface area contributed by atoms with Crippen LogP contribution in [0.25, 0.3) is 0 Å². The zero-order valence-electron chi connectivity index (χ0n) is 8.61. The molecule has 9 heteroatoms. The second kappa shape index (κ2) is 5.84. The Morgan fingerprint density at radius 1 is 1.17 bits per heavy atom. The van der Waals surface area contributed by atoms with E-state index in [9.17, 15) is 13.2 Å². The molecule has 1 amide bonds. The molecule has 0 unspecified atom stereocenters.